The first kappa shape index (κ1) is 12.6. The molecule has 0 bridgehead atoms. The molecule has 0 saturated carbocycles. The summed E-state index contributed by atoms with van der Waals surface area (Å²) in [5.41, 5.74) is 7.21. The van der Waals surface area contributed by atoms with E-state index >= 15 is 0 Å². The zero-order chi connectivity index (χ0) is 13.0. The van der Waals surface area contributed by atoms with Crippen LogP contribution in [0.5, 0.6) is 5.75 Å². The number of halogens is 1. The number of aryl methyl sites for hydroxylation is 1. The van der Waals surface area contributed by atoms with Gasteiger partial charge in [-0.15, -0.1) is 0 Å². The molecule has 0 fully saturated rings. The molecule has 0 aliphatic heterocycles. The molecule has 0 heterocycles. The Morgan fingerprint density at radius 3 is 2.50 bits per heavy atom. The first-order valence-electron chi connectivity index (χ1n) is 5.88. The Balaban J connectivity index is 2.20. The van der Waals surface area contributed by atoms with Gasteiger partial charge in [0.15, 0.2) is 0 Å². The molecule has 2 nitrogen and oxygen atoms in total. The zero-order valence-corrected chi connectivity index (χ0v) is 10.3. The van der Waals surface area contributed by atoms with Gasteiger partial charge in [0.1, 0.15) is 17.7 Å². The molecule has 0 spiro atoms. The van der Waals surface area contributed by atoms with Crippen LogP contribution in [0.1, 0.15) is 17.2 Å². The Morgan fingerprint density at radius 2 is 1.89 bits per heavy atom. The Morgan fingerprint density at radius 1 is 1.17 bits per heavy atom. The summed E-state index contributed by atoms with van der Waals surface area (Å²) in [5.74, 6) is 0.546. The van der Waals surface area contributed by atoms with Crippen molar-refractivity contribution < 1.29 is 9.13 Å². The summed E-state index contributed by atoms with van der Waals surface area (Å²) in [4.78, 5) is 0. The molecule has 0 aliphatic carbocycles. The van der Waals surface area contributed by atoms with Gasteiger partial charge in [-0.1, -0.05) is 24.3 Å². The zero-order valence-electron chi connectivity index (χ0n) is 10.3. The van der Waals surface area contributed by atoms with E-state index < -0.39 is 0 Å². The van der Waals surface area contributed by atoms with E-state index in [1.54, 1.807) is 19.1 Å². The molecule has 2 N–H and O–H groups in total. The summed E-state index contributed by atoms with van der Waals surface area (Å²) in [6.45, 7) is 2.08. The van der Waals surface area contributed by atoms with E-state index in [0.29, 0.717) is 12.1 Å². The van der Waals surface area contributed by atoms with E-state index in [4.69, 9.17) is 10.5 Å². The third-order valence-corrected chi connectivity index (χ3v) is 2.79. The van der Waals surface area contributed by atoms with Crippen LogP contribution in [-0.4, -0.2) is 6.54 Å². The van der Waals surface area contributed by atoms with Crippen LogP contribution in [0.15, 0.2) is 48.5 Å². The van der Waals surface area contributed by atoms with E-state index in [1.165, 1.54) is 6.07 Å². The minimum absolute atomic E-state index is 0.214. The predicted octanol–water partition coefficient (Wildman–Crippen LogP) is 3.21. The molecule has 2 aromatic carbocycles. The molecule has 3 heteroatoms. The van der Waals surface area contributed by atoms with Gasteiger partial charge in [-0.25, -0.2) is 4.39 Å². The van der Waals surface area contributed by atoms with Crippen LogP contribution in [0.4, 0.5) is 4.39 Å². The fourth-order valence-corrected chi connectivity index (χ4v) is 1.78. The molecule has 1 atom stereocenters. The molecule has 2 aromatic rings. The lowest BCUT2D eigenvalue weighted by Gasteiger charge is -2.18. The maximum atomic E-state index is 13.2. The van der Waals surface area contributed by atoms with Gasteiger partial charge in [-0.3, -0.25) is 0 Å². The first-order valence-corrected chi connectivity index (χ1v) is 5.88. The lowest BCUT2D eigenvalue weighted by Crippen LogP contribution is -2.18. The van der Waals surface area contributed by atoms with Crippen molar-refractivity contribution in [2.75, 3.05) is 6.54 Å². The van der Waals surface area contributed by atoms with Crippen molar-refractivity contribution in [3.05, 3.63) is 65.5 Å². The number of hydrogen-bond acceptors (Lipinski definition) is 2. The molecule has 0 aliphatic rings. The summed E-state index contributed by atoms with van der Waals surface area (Å²) in [6, 6.07) is 14.4. The topological polar surface area (TPSA) is 35.2 Å². The van der Waals surface area contributed by atoms with Crippen LogP contribution in [0, 0.1) is 12.7 Å². The minimum Gasteiger partial charge on any atom is -0.484 e. The highest BCUT2D eigenvalue weighted by Crippen LogP contribution is 2.22. The highest BCUT2D eigenvalue weighted by Gasteiger charge is 2.12. The second-order valence-corrected chi connectivity index (χ2v) is 4.16. The molecule has 0 aromatic heterocycles. The van der Waals surface area contributed by atoms with Gasteiger partial charge in [-0.05, 0) is 42.3 Å². The van der Waals surface area contributed by atoms with Crippen LogP contribution in [0.3, 0.4) is 0 Å². The van der Waals surface area contributed by atoms with E-state index in [-0.39, 0.29) is 11.9 Å². The largest absolute Gasteiger partial charge is 0.484 e. The van der Waals surface area contributed by atoms with Crippen LogP contribution in [0.2, 0.25) is 0 Å². The van der Waals surface area contributed by atoms with Gasteiger partial charge in [0.25, 0.3) is 0 Å². The Kier molecular flexibility index (Phi) is 3.95. The highest BCUT2D eigenvalue weighted by atomic mass is 19.1. The van der Waals surface area contributed by atoms with Crippen molar-refractivity contribution in [3.63, 3.8) is 0 Å². The van der Waals surface area contributed by atoms with Gasteiger partial charge in [0.2, 0.25) is 0 Å². The highest BCUT2D eigenvalue weighted by molar-refractivity contribution is 5.28. The lowest BCUT2D eigenvalue weighted by atomic mass is 10.1. The van der Waals surface area contributed by atoms with Crippen molar-refractivity contribution in [1.29, 1.82) is 0 Å². The smallest absolute Gasteiger partial charge is 0.136 e. The minimum atomic E-state index is -0.258. The van der Waals surface area contributed by atoms with Gasteiger partial charge in [0, 0.05) is 6.54 Å². The van der Waals surface area contributed by atoms with Crippen molar-refractivity contribution in [1.82, 2.24) is 0 Å². The molecule has 18 heavy (non-hydrogen) atoms. The van der Waals surface area contributed by atoms with Crippen molar-refractivity contribution in [3.8, 4) is 5.75 Å². The summed E-state index contributed by atoms with van der Waals surface area (Å²) in [6.07, 6.45) is -0.258. The van der Waals surface area contributed by atoms with Crippen LogP contribution in [-0.2, 0) is 0 Å². The van der Waals surface area contributed by atoms with Crippen molar-refractivity contribution in [2.24, 2.45) is 5.73 Å². The second kappa shape index (κ2) is 5.65. The molecule has 2 rings (SSSR count). The lowest BCUT2D eigenvalue weighted by molar-refractivity contribution is 0.214. The quantitative estimate of drug-likeness (QED) is 0.897. The number of ether oxygens (including phenoxy) is 1. The first-order chi connectivity index (χ1) is 8.70. The van der Waals surface area contributed by atoms with Crippen molar-refractivity contribution in [2.45, 2.75) is 13.0 Å². The summed E-state index contributed by atoms with van der Waals surface area (Å²) in [5, 5.41) is 0. The van der Waals surface area contributed by atoms with Crippen LogP contribution < -0.4 is 10.5 Å². The number of nitrogens with two attached hydrogens (primary N) is 1. The number of hydrogen-bond donors (Lipinski definition) is 1. The summed E-state index contributed by atoms with van der Waals surface area (Å²) >= 11 is 0. The van der Waals surface area contributed by atoms with E-state index in [9.17, 15) is 4.39 Å². The molecule has 0 amide bonds. The monoisotopic (exact) mass is 245 g/mol. The Bertz CT molecular complexity index is 513. The molecule has 0 saturated heterocycles. The van der Waals surface area contributed by atoms with E-state index in [2.05, 4.69) is 0 Å². The predicted molar refractivity (Wildman–Crippen MR) is 70.0 cm³/mol. The standard InChI is InChI=1S/C15H16FNO/c1-11-9-12(7-8-14(11)16)15(10-17)18-13-5-3-2-4-6-13/h2-9,15H,10,17H2,1H3. The summed E-state index contributed by atoms with van der Waals surface area (Å²) in [7, 11) is 0. The van der Waals surface area contributed by atoms with Gasteiger partial charge >= 0.3 is 0 Å². The average molecular weight is 245 g/mol. The van der Waals surface area contributed by atoms with E-state index in [0.717, 1.165) is 11.3 Å². The Hall–Kier alpha value is -1.87. The van der Waals surface area contributed by atoms with Crippen molar-refractivity contribution >= 4 is 0 Å². The molecule has 0 radical (unpaired) electrons. The molecular formula is C15H16FNO. The number of benzene rings is 2. The maximum absolute atomic E-state index is 13.2. The molecule has 94 valence electrons. The van der Waals surface area contributed by atoms with Gasteiger partial charge in [-0.2, -0.15) is 0 Å². The van der Waals surface area contributed by atoms with Crippen LogP contribution >= 0.6 is 0 Å². The molecule has 1 unspecified atom stereocenters. The second-order valence-electron chi connectivity index (χ2n) is 4.16. The fraction of sp³-hybridized carbons (Fsp3) is 0.200. The van der Waals surface area contributed by atoms with Gasteiger partial charge in [0.05, 0.1) is 0 Å². The number of rotatable bonds is 4. The third-order valence-electron chi connectivity index (χ3n) is 2.79. The average Bonchev–Trinajstić information content (AvgIpc) is 2.40. The normalized spacial score (nSPS) is 12.2. The maximum Gasteiger partial charge on any atom is 0.136 e. The van der Waals surface area contributed by atoms with Crippen LogP contribution in [0.25, 0.3) is 0 Å². The van der Waals surface area contributed by atoms with Gasteiger partial charge < -0.3 is 10.5 Å². The number of para-hydroxylation sites is 1. The fourth-order valence-electron chi connectivity index (χ4n) is 1.78. The third kappa shape index (κ3) is 2.87. The summed E-state index contributed by atoms with van der Waals surface area (Å²) < 4.78 is 19.0. The van der Waals surface area contributed by atoms with E-state index in [1.807, 2.05) is 30.3 Å². The SMILES string of the molecule is Cc1cc(C(CN)Oc2ccccc2)ccc1F. The molecular weight excluding hydrogens is 229 g/mol. The Labute approximate surface area is 106 Å².